The lowest BCUT2D eigenvalue weighted by atomic mass is 10.1. The molecule has 0 aliphatic rings. The highest BCUT2D eigenvalue weighted by atomic mass is 16.5. The van der Waals surface area contributed by atoms with Crippen LogP contribution in [0.2, 0.25) is 0 Å². The molecule has 0 unspecified atom stereocenters. The molecule has 0 saturated carbocycles. The number of amides is 2. The van der Waals surface area contributed by atoms with Crippen molar-refractivity contribution in [2.75, 3.05) is 19.8 Å². The van der Waals surface area contributed by atoms with Crippen LogP contribution in [0.3, 0.4) is 0 Å². The predicted octanol–water partition coefficient (Wildman–Crippen LogP) is 4.40. The van der Waals surface area contributed by atoms with Crippen molar-refractivity contribution in [2.45, 2.75) is 66.0 Å². The van der Waals surface area contributed by atoms with Gasteiger partial charge in [-0.2, -0.15) is 0 Å². The summed E-state index contributed by atoms with van der Waals surface area (Å²) in [5.41, 5.74) is 2.14. The molecule has 2 aromatic carbocycles. The Bertz CT molecular complexity index is 883. The minimum atomic E-state index is -0.539. The Morgan fingerprint density at radius 1 is 0.879 bits per heavy atom. The maximum atomic E-state index is 13.2. The number of hydrogen-bond donors (Lipinski definition) is 1. The van der Waals surface area contributed by atoms with Crippen molar-refractivity contribution in [2.24, 2.45) is 0 Å². The summed E-state index contributed by atoms with van der Waals surface area (Å²) in [6.07, 6.45) is 1.57. The zero-order valence-corrected chi connectivity index (χ0v) is 20.6. The summed E-state index contributed by atoms with van der Waals surface area (Å²) in [6, 6.07) is 15.3. The Balaban J connectivity index is 2.11. The van der Waals surface area contributed by atoms with E-state index in [-0.39, 0.29) is 17.9 Å². The van der Waals surface area contributed by atoms with Crippen LogP contribution in [0.5, 0.6) is 11.5 Å². The molecule has 0 saturated heterocycles. The second kappa shape index (κ2) is 13.5. The SMILES string of the molecule is CCOc1ccc(CCC(=O)N(CCc2ccccc2)[C@@H](C)C(=O)NC(C)C)cc1OCC. The molecule has 2 rings (SSSR count). The van der Waals surface area contributed by atoms with E-state index in [1.807, 2.05) is 76.2 Å². The Morgan fingerprint density at radius 3 is 2.18 bits per heavy atom. The first-order chi connectivity index (χ1) is 15.8. The van der Waals surface area contributed by atoms with Gasteiger partial charge in [0.15, 0.2) is 11.5 Å². The molecular weight excluding hydrogens is 416 g/mol. The van der Waals surface area contributed by atoms with Crippen LogP contribution < -0.4 is 14.8 Å². The summed E-state index contributed by atoms with van der Waals surface area (Å²) in [5, 5.41) is 2.93. The lowest BCUT2D eigenvalue weighted by Gasteiger charge is -2.29. The van der Waals surface area contributed by atoms with Crippen LogP contribution in [-0.4, -0.2) is 48.6 Å². The molecule has 0 radical (unpaired) electrons. The number of rotatable bonds is 13. The van der Waals surface area contributed by atoms with Crippen molar-refractivity contribution >= 4 is 11.8 Å². The van der Waals surface area contributed by atoms with Gasteiger partial charge in [0.1, 0.15) is 6.04 Å². The Kier molecular flexibility index (Phi) is 10.7. The monoisotopic (exact) mass is 454 g/mol. The fraction of sp³-hybridized carbons (Fsp3) is 0.481. The third-order valence-electron chi connectivity index (χ3n) is 5.32. The summed E-state index contributed by atoms with van der Waals surface area (Å²) in [7, 11) is 0. The minimum absolute atomic E-state index is 0.0202. The molecule has 2 aromatic rings. The summed E-state index contributed by atoms with van der Waals surface area (Å²) in [4.78, 5) is 27.6. The van der Waals surface area contributed by atoms with E-state index in [1.165, 1.54) is 0 Å². The van der Waals surface area contributed by atoms with E-state index in [2.05, 4.69) is 5.32 Å². The number of nitrogens with one attached hydrogen (secondary N) is 1. The van der Waals surface area contributed by atoms with Gasteiger partial charge in [0.25, 0.3) is 0 Å². The van der Waals surface area contributed by atoms with Crippen molar-refractivity contribution < 1.29 is 19.1 Å². The van der Waals surface area contributed by atoms with Gasteiger partial charge in [0.05, 0.1) is 13.2 Å². The molecule has 0 heterocycles. The van der Waals surface area contributed by atoms with Crippen LogP contribution >= 0.6 is 0 Å². The molecule has 6 nitrogen and oxygen atoms in total. The lowest BCUT2D eigenvalue weighted by molar-refractivity contribution is -0.140. The maximum Gasteiger partial charge on any atom is 0.242 e. The normalized spacial score (nSPS) is 11.7. The standard InChI is InChI=1S/C27H38N2O4/c1-6-32-24-15-13-23(19-25(24)33-7-2)14-16-26(30)29(21(5)27(31)28-20(3)4)18-17-22-11-9-8-10-12-22/h8-13,15,19-21H,6-7,14,16-18H2,1-5H3,(H,28,31)/t21-/m0/s1. The molecule has 1 atom stereocenters. The lowest BCUT2D eigenvalue weighted by Crippen LogP contribution is -2.50. The number of aryl methyl sites for hydroxylation is 1. The van der Waals surface area contributed by atoms with Crippen LogP contribution in [0.15, 0.2) is 48.5 Å². The van der Waals surface area contributed by atoms with Gasteiger partial charge in [0, 0.05) is 19.0 Å². The molecule has 0 aromatic heterocycles. The summed E-state index contributed by atoms with van der Waals surface area (Å²) >= 11 is 0. The molecule has 2 amide bonds. The number of benzene rings is 2. The molecule has 0 aliphatic heterocycles. The van der Waals surface area contributed by atoms with E-state index in [0.717, 1.165) is 11.1 Å². The summed E-state index contributed by atoms with van der Waals surface area (Å²) in [5.74, 6) is 1.23. The zero-order valence-electron chi connectivity index (χ0n) is 20.6. The van der Waals surface area contributed by atoms with Gasteiger partial charge in [-0.3, -0.25) is 9.59 Å². The molecule has 180 valence electrons. The molecule has 0 fully saturated rings. The van der Waals surface area contributed by atoms with Crippen LogP contribution in [0, 0.1) is 0 Å². The number of carbonyl (C=O) groups is 2. The van der Waals surface area contributed by atoms with E-state index >= 15 is 0 Å². The number of ether oxygens (including phenoxy) is 2. The Hall–Kier alpha value is -3.02. The Morgan fingerprint density at radius 2 is 1.55 bits per heavy atom. The fourth-order valence-electron chi connectivity index (χ4n) is 3.62. The zero-order chi connectivity index (χ0) is 24.2. The van der Waals surface area contributed by atoms with E-state index in [4.69, 9.17) is 9.47 Å². The van der Waals surface area contributed by atoms with Crippen molar-refractivity contribution in [3.05, 3.63) is 59.7 Å². The third-order valence-corrected chi connectivity index (χ3v) is 5.32. The molecule has 0 bridgehead atoms. The van der Waals surface area contributed by atoms with Crippen molar-refractivity contribution in [3.63, 3.8) is 0 Å². The van der Waals surface area contributed by atoms with Crippen LogP contribution in [0.25, 0.3) is 0 Å². The maximum absolute atomic E-state index is 13.2. The van der Waals surface area contributed by atoms with Crippen LogP contribution in [0.1, 0.15) is 52.2 Å². The second-order valence-corrected chi connectivity index (χ2v) is 8.31. The van der Waals surface area contributed by atoms with Gasteiger partial charge >= 0.3 is 0 Å². The smallest absolute Gasteiger partial charge is 0.242 e. The van der Waals surface area contributed by atoms with E-state index in [0.29, 0.717) is 50.5 Å². The number of carbonyl (C=O) groups excluding carboxylic acids is 2. The van der Waals surface area contributed by atoms with E-state index in [1.54, 1.807) is 11.8 Å². The van der Waals surface area contributed by atoms with Gasteiger partial charge in [-0.05, 0) is 70.7 Å². The summed E-state index contributed by atoms with van der Waals surface area (Å²) in [6.45, 7) is 11.1. The van der Waals surface area contributed by atoms with E-state index in [9.17, 15) is 9.59 Å². The fourth-order valence-corrected chi connectivity index (χ4v) is 3.62. The van der Waals surface area contributed by atoms with Crippen molar-refractivity contribution in [1.82, 2.24) is 10.2 Å². The molecule has 1 N–H and O–H groups in total. The first kappa shape index (κ1) is 26.2. The quantitative estimate of drug-likeness (QED) is 0.487. The number of nitrogens with zero attached hydrogens (tertiary/aromatic N) is 1. The highest BCUT2D eigenvalue weighted by Gasteiger charge is 2.26. The van der Waals surface area contributed by atoms with Crippen molar-refractivity contribution in [3.8, 4) is 11.5 Å². The van der Waals surface area contributed by atoms with E-state index < -0.39 is 6.04 Å². The highest BCUT2D eigenvalue weighted by molar-refractivity contribution is 5.87. The average Bonchev–Trinajstić information content (AvgIpc) is 2.79. The number of hydrogen-bond acceptors (Lipinski definition) is 4. The molecule has 33 heavy (non-hydrogen) atoms. The largest absolute Gasteiger partial charge is 0.490 e. The van der Waals surface area contributed by atoms with Crippen LogP contribution in [-0.2, 0) is 22.4 Å². The van der Waals surface area contributed by atoms with Gasteiger partial charge < -0.3 is 19.7 Å². The molecule has 6 heteroatoms. The highest BCUT2D eigenvalue weighted by Crippen LogP contribution is 2.29. The third kappa shape index (κ3) is 8.44. The van der Waals surface area contributed by atoms with Crippen LogP contribution in [0.4, 0.5) is 0 Å². The minimum Gasteiger partial charge on any atom is -0.490 e. The molecular formula is C27H38N2O4. The molecule has 0 aliphatic carbocycles. The van der Waals surface area contributed by atoms with Gasteiger partial charge in [-0.25, -0.2) is 0 Å². The molecule has 0 spiro atoms. The van der Waals surface area contributed by atoms with Gasteiger partial charge in [-0.15, -0.1) is 0 Å². The Labute approximate surface area is 198 Å². The predicted molar refractivity (Wildman–Crippen MR) is 132 cm³/mol. The second-order valence-electron chi connectivity index (χ2n) is 8.31. The topological polar surface area (TPSA) is 67.9 Å². The first-order valence-corrected chi connectivity index (χ1v) is 11.9. The summed E-state index contributed by atoms with van der Waals surface area (Å²) < 4.78 is 11.3. The van der Waals surface area contributed by atoms with Crippen molar-refractivity contribution in [1.29, 1.82) is 0 Å². The van der Waals surface area contributed by atoms with Gasteiger partial charge in [0.2, 0.25) is 11.8 Å². The van der Waals surface area contributed by atoms with Gasteiger partial charge in [-0.1, -0.05) is 36.4 Å². The average molecular weight is 455 g/mol. The first-order valence-electron chi connectivity index (χ1n) is 11.9.